The number of allylic oxidation sites excluding steroid dienone is 4. The molecule has 2 amide bonds. The van der Waals surface area contributed by atoms with Gasteiger partial charge in [-0.3, -0.25) is 14.4 Å². The van der Waals surface area contributed by atoms with E-state index in [-0.39, 0.29) is 23.0 Å². The lowest BCUT2D eigenvalue weighted by atomic mass is 9.69. The van der Waals surface area contributed by atoms with E-state index in [4.69, 9.17) is 0 Å². The Hall–Kier alpha value is -2.37. The third-order valence-electron chi connectivity index (χ3n) is 9.89. The van der Waals surface area contributed by atoms with Crippen molar-refractivity contribution in [1.29, 1.82) is 0 Å². The fourth-order valence-electron chi connectivity index (χ4n) is 8.29. The van der Waals surface area contributed by atoms with Gasteiger partial charge in [-0.25, -0.2) is 0 Å². The lowest BCUT2D eigenvalue weighted by Crippen LogP contribution is -2.31. The number of rotatable bonds is 1. The first-order chi connectivity index (χ1) is 16.9. The number of aliphatic hydroxyl groups excluding tert-OH is 1. The van der Waals surface area contributed by atoms with Crippen molar-refractivity contribution in [1.82, 2.24) is 10.6 Å². The van der Waals surface area contributed by atoms with E-state index in [0.717, 1.165) is 31.1 Å². The number of aliphatic hydroxyl groups is 1. The first-order valence-corrected chi connectivity index (χ1v) is 13.8. The van der Waals surface area contributed by atoms with Crippen LogP contribution in [0.4, 0.5) is 0 Å². The first-order valence-electron chi connectivity index (χ1n) is 13.8. The maximum absolute atomic E-state index is 12.8. The fourth-order valence-corrected chi connectivity index (χ4v) is 8.29. The smallest absolute Gasteiger partial charge is 0.259 e. The molecule has 5 rings (SSSR count). The summed E-state index contributed by atoms with van der Waals surface area (Å²) < 4.78 is 0. The van der Waals surface area contributed by atoms with Gasteiger partial charge in [0.2, 0.25) is 5.91 Å². The molecule has 5 aliphatic rings. The molecule has 6 heteroatoms. The highest BCUT2D eigenvalue weighted by Crippen LogP contribution is 2.59. The molecule has 0 unspecified atom stereocenters. The van der Waals surface area contributed by atoms with E-state index in [2.05, 4.69) is 36.6 Å². The number of fused-ring (bicyclic) bond motifs is 7. The average molecular weight is 481 g/mol. The van der Waals surface area contributed by atoms with Gasteiger partial charge < -0.3 is 15.7 Å². The van der Waals surface area contributed by atoms with E-state index in [9.17, 15) is 19.5 Å². The Morgan fingerprint density at radius 3 is 2.60 bits per heavy atom. The van der Waals surface area contributed by atoms with Crippen molar-refractivity contribution >= 4 is 17.6 Å². The molecular formula is C29H40N2O4. The van der Waals surface area contributed by atoms with Crippen LogP contribution in [-0.2, 0) is 14.4 Å². The number of ketones is 1. The summed E-state index contributed by atoms with van der Waals surface area (Å²) in [5.41, 5.74) is -0.0478. The molecule has 2 saturated carbocycles. The summed E-state index contributed by atoms with van der Waals surface area (Å²) in [7, 11) is 0. The molecule has 0 aromatic carbocycles. The zero-order valence-electron chi connectivity index (χ0n) is 21.0. The Morgan fingerprint density at radius 2 is 1.80 bits per heavy atom. The topological polar surface area (TPSA) is 95.5 Å². The molecule has 3 fully saturated rings. The molecular weight excluding hydrogens is 440 g/mol. The summed E-state index contributed by atoms with van der Waals surface area (Å²) in [6.45, 7) is 5.18. The van der Waals surface area contributed by atoms with E-state index < -0.39 is 11.9 Å². The highest BCUT2D eigenvalue weighted by atomic mass is 16.3. The second-order valence-electron chi connectivity index (χ2n) is 11.6. The van der Waals surface area contributed by atoms with E-state index >= 15 is 0 Å². The molecule has 2 heterocycles. The van der Waals surface area contributed by atoms with Crippen molar-refractivity contribution in [3.05, 3.63) is 35.6 Å². The van der Waals surface area contributed by atoms with Gasteiger partial charge in [0.1, 0.15) is 11.3 Å². The number of nitrogens with one attached hydrogen (secondary N) is 2. The minimum atomic E-state index is -0.611. The van der Waals surface area contributed by atoms with E-state index in [0.29, 0.717) is 61.3 Å². The van der Waals surface area contributed by atoms with Crippen molar-refractivity contribution in [3.8, 4) is 0 Å². The van der Waals surface area contributed by atoms with Crippen LogP contribution in [0.1, 0.15) is 65.2 Å². The number of carbonyl (C=O) groups is 3. The summed E-state index contributed by atoms with van der Waals surface area (Å²) in [4.78, 5) is 37.6. The largest absolute Gasteiger partial charge is 0.511 e. The van der Waals surface area contributed by atoms with E-state index in [1.807, 2.05) is 6.08 Å². The number of amides is 2. The molecule has 2 bridgehead atoms. The van der Waals surface area contributed by atoms with Crippen LogP contribution in [-0.4, -0.2) is 35.3 Å². The quantitative estimate of drug-likeness (QED) is 0.386. The van der Waals surface area contributed by atoms with Crippen molar-refractivity contribution < 1.29 is 19.5 Å². The third kappa shape index (κ3) is 4.49. The maximum Gasteiger partial charge on any atom is 0.259 e. The van der Waals surface area contributed by atoms with Crippen LogP contribution in [0.2, 0.25) is 0 Å². The molecule has 9 atom stereocenters. The van der Waals surface area contributed by atoms with Crippen LogP contribution in [0.5, 0.6) is 0 Å². The second kappa shape index (κ2) is 9.94. The zero-order chi connectivity index (χ0) is 24.7. The number of carbonyl (C=O) groups excluding carboxylic acids is 3. The molecule has 3 aliphatic carbocycles. The number of hydrogen-bond donors (Lipinski definition) is 3. The molecule has 190 valence electrons. The Morgan fingerprint density at radius 1 is 1.03 bits per heavy atom. The predicted octanol–water partition coefficient (Wildman–Crippen LogP) is 4.24. The summed E-state index contributed by atoms with van der Waals surface area (Å²) in [5.74, 6) is 3.92. The van der Waals surface area contributed by atoms with Crippen LogP contribution in [0, 0.1) is 47.3 Å². The number of Topliss-reactive ketones (excluding diaryl/α,β-unsaturated/α-hetero) is 1. The van der Waals surface area contributed by atoms with Gasteiger partial charge in [-0.1, -0.05) is 38.5 Å². The Labute approximate surface area is 208 Å². The van der Waals surface area contributed by atoms with Gasteiger partial charge in [0.05, 0.1) is 6.04 Å². The van der Waals surface area contributed by atoms with Crippen LogP contribution in [0.3, 0.4) is 0 Å². The van der Waals surface area contributed by atoms with E-state index in [1.54, 1.807) is 6.08 Å². The number of hydrogen-bond acceptors (Lipinski definition) is 4. The summed E-state index contributed by atoms with van der Waals surface area (Å²) in [6, 6.07) is -0.611. The Balaban J connectivity index is 1.41. The van der Waals surface area contributed by atoms with Crippen molar-refractivity contribution in [2.24, 2.45) is 47.3 Å². The molecule has 6 nitrogen and oxygen atoms in total. The Bertz CT molecular complexity index is 966. The zero-order valence-corrected chi connectivity index (χ0v) is 21.0. The minimum Gasteiger partial charge on any atom is -0.511 e. The van der Waals surface area contributed by atoms with Gasteiger partial charge in [0, 0.05) is 13.0 Å². The normalized spacial score (nSPS) is 44.9. The van der Waals surface area contributed by atoms with Crippen LogP contribution >= 0.6 is 0 Å². The van der Waals surface area contributed by atoms with E-state index in [1.165, 1.54) is 12.8 Å². The highest BCUT2D eigenvalue weighted by Gasteiger charge is 2.52. The monoisotopic (exact) mass is 480 g/mol. The maximum atomic E-state index is 12.8. The van der Waals surface area contributed by atoms with Gasteiger partial charge >= 0.3 is 0 Å². The molecule has 2 aliphatic heterocycles. The van der Waals surface area contributed by atoms with Gasteiger partial charge in [-0.2, -0.15) is 0 Å². The van der Waals surface area contributed by atoms with Gasteiger partial charge in [0.15, 0.2) is 5.78 Å². The molecule has 0 radical (unpaired) electrons. The Kier molecular flexibility index (Phi) is 6.91. The second-order valence-corrected chi connectivity index (χ2v) is 11.6. The molecule has 0 aromatic rings. The standard InChI is InChI=1S/C29H40N2O4/c1-3-18-16(2)14-22-20(18)10-11-21-19-6-4-8-26(33)30-13-5-7-24-28(34)27(29(35)31-24)25(32)12-9-17(19)15-23(21)22/h4,8,10-11,16-24,32H,3,5-7,9,12-15H2,1-2H3,(H,30,33)(H,31,35)/b8-4-,27-25-/t16-,17-,18-,19+,20+,21-,22+,23+,24+/m1/s1. The predicted molar refractivity (Wildman–Crippen MR) is 134 cm³/mol. The van der Waals surface area contributed by atoms with Gasteiger partial charge in [-0.05, 0) is 91.9 Å². The minimum absolute atomic E-state index is 0.0477. The van der Waals surface area contributed by atoms with Crippen LogP contribution in [0.25, 0.3) is 0 Å². The van der Waals surface area contributed by atoms with Crippen molar-refractivity contribution in [3.63, 3.8) is 0 Å². The molecule has 0 aromatic heterocycles. The molecule has 35 heavy (non-hydrogen) atoms. The lowest BCUT2D eigenvalue weighted by molar-refractivity contribution is -0.118. The summed E-state index contributed by atoms with van der Waals surface area (Å²) in [6.07, 6.45) is 15.3. The lowest BCUT2D eigenvalue weighted by Gasteiger charge is -2.35. The average Bonchev–Trinajstić information content (AvgIpc) is 3.44. The van der Waals surface area contributed by atoms with Crippen molar-refractivity contribution in [2.75, 3.05) is 6.54 Å². The SMILES string of the molecule is CC[C@H]1[C@@H]2C=C[C@@H]3[C@H]4C/C=C\C(=O)NCCC[C@@H]5NC(=O)/C(=C(\O)CC[C@@H]4C[C@@H]3[C@H]2C[C@H]1C)C5=O. The molecule has 1 saturated heterocycles. The highest BCUT2D eigenvalue weighted by molar-refractivity contribution is 6.26. The van der Waals surface area contributed by atoms with Crippen LogP contribution < -0.4 is 10.6 Å². The third-order valence-corrected chi connectivity index (χ3v) is 9.89. The molecule has 0 spiro atoms. The first kappa shape index (κ1) is 24.3. The summed E-state index contributed by atoms with van der Waals surface area (Å²) >= 11 is 0. The fraction of sp³-hybridized carbons (Fsp3) is 0.690. The van der Waals surface area contributed by atoms with Gasteiger partial charge in [0.25, 0.3) is 5.91 Å². The van der Waals surface area contributed by atoms with Gasteiger partial charge in [-0.15, -0.1) is 0 Å². The summed E-state index contributed by atoms with van der Waals surface area (Å²) in [5, 5.41) is 16.4. The van der Waals surface area contributed by atoms with Crippen LogP contribution in [0.15, 0.2) is 35.6 Å². The molecule has 3 N–H and O–H groups in total. The van der Waals surface area contributed by atoms with Crippen molar-refractivity contribution in [2.45, 2.75) is 71.3 Å².